The molecule has 150 valence electrons. The van der Waals surface area contributed by atoms with Crippen molar-refractivity contribution in [2.75, 3.05) is 10.0 Å². The monoisotopic (exact) mass is 432 g/mol. The molecule has 0 aliphatic heterocycles. The number of sulfonamides is 1. The Morgan fingerprint density at radius 3 is 2.34 bits per heavy atom. The van der Waals surface area contributed by atoms with Gasteiger partial charge in [-0.1, -0.05) is 36.7 Å². The molecule has 0 saturated carbocycles. The summed E-state index contributed by atoms with van der Waals surface area (Å²) in [6, 6.07) is 16.4. The Morgan fingerprint density at radius 1 is 1.00 bits per heavy atom. The Bertz CT molecular complexity index is 1150. The maximum absolute atomic E-state index is 14.5. The summed E-state index contributed by atoms with van der Waals surface area (Å²) < 4.78 is 42.2. The number of nitrogens with one attached hydrogen (secondary N) is 2. The minimum atomic E-state index is -3.99. The summed E-state index contributed by atoms with van der Waals surface area (Å²) in [6.07, 6.45) is 0.642. The fourth-order valence-electron chi connectivity index (χ4n) is 2.69. The molecule has 0 saturated heterocycles. The van der Waals surface area contributed by atoms with Crippen LogP contribution < -0.4 is 10.0 Å². The Labute approximate surface area is 173 Å². The molecule has 3 aromatic rings. The van der Waals surface area contributed by atoms with Crippen LogP contribution in [0.4, 0.5) is 15.8 Å². The lowest BCUT2D eigenvalue weighted by atomic mass is 10.1. The van der Waals surface area contributed by atoms with Gasteiger partial charge in [0.15, 0.2) is 0 Å². The number of carbonyl (C=O) groups excluding carboxylic acids is 1. The molecule has 5 nitrogen and oxygen atoms in total. The highest BCUT2D eigenvalue weighted by molar-refractivity contribution is 7.92. The van der Waals surface area contributed by atoms with E-state index in [-0.39, 0.29) is 10.6 Å². The van der Waals surface area contributed by atoms with Gasteiger partial charge in [0.1, 0.15) is 5.82 Å². The Hall–Kier alpha value is -2.90. The minimum absolute atomic E-state index is 0.127. The van der Waals surface area contributed by atoms with Crippen LogP contribution in [0.15, 0.2) is 71.6 Å². The number of hydrogen-bond acceptors (Lipinski definition) is 3. The van der Waals surface area contributed by atoms with E-state index in [0.29, 0.717) is 22.7 Å². The second-order valence-electron chi connectivity index (χ2n) is 6.22. The largest absolute Gasteiger partial charge is 0.319 e. The molecule has 0 atom stereocenters. The molecule has 29 heavy (non-hydrogen) atoms. The Kier molecular flexibility index (Phi) is 6.20. The van der Waals surface area contributed by atoms with Gasteiger partial charge in [-0.15, -0.1) is 0 Å². The van der Waals surface area contributed by atoms with Gasteiger partial charge in [0, 0.05) is 10.6 Å². The summed E-state index contributed by atoms with van der Waals surface area (Å²) in [5, 5.41) is 2.89. The molecule has 0 heterocycles. The summed E-state index contributed by atoms with van der Waals surface area (Å²) in [6.45, 7) is 1.91. The molecule has 0 aromatic heterocycles. The first kappa shape index (κ1) is 20.8. The molecule has 0 aliphatic rings. The maximum Gasteiger partial charge on any atom is 0.262 e. The molecular weight excluding hydrogens is 415 g/mol. The summed E-state index contributed by atoms with van der Waals surface area (Å²) in [5.74, 6) is -1.40. The number of rotatable bonds is 6. The number of amides is 1. The van der Waals surface area contributed by atoms with Crippen LogP contribution in [0.25, 0.3) is 0 Å². The molecule has 3 rings (SSSR count). The molecule has 0 spiro atoms. The molecule has 0 fully saturated rings. The van der Waals surface area contributed by atoms with E-state index in [1.54, 1.807) is 24.3 Å². The molecule has 3 aromatic carbocycles. The third-order valence-corrected chi connectivity index (χ3v) is 5.86. The highest BCUT2D eigenvalue weighted by atomic mass is 35.5. The topological polar surface area (TPSA) is 75.3 Å². The van der Waals surface area contributed by atoms with E-state index < -0.39 is 21.7 Å². The van der Waals surface area contributed by atoms with Crippen molar-refractivity contribution in [3.8, 4) is 0 Å². The average Bonchev–Trinajstić information content (AvgIpc) is 2.70. The molecule has 0 bridgehead atoms. The number of halogens is 2. The fourth-order valence-corrected chi connectivity index (χ4v) is 3.93. The van der Waals surface area contributed by atoms with Crippen LogP contribution in [-0.4, -0.2) is 14.3 Å². The van der Waals surface area contributed by atoms with E-state index >= 15 is 0 Å². The van der Waals surface area contributed by atoms with Crippen molar-refractivity contribution >= 4 is 38.9 Å². The lowest BCUT2D eigenvalue weighted by Crippen LogP contribution is -2.16. The predicted molar refractivity (Wildman–Crippen MR) is 112 cm³/mol. The van der Waals surface area contributed by atoms with Crippen molar-refractivity contribution in [3.63, 3.8) is 0 Å². The number of para-hydroxylation sites is 1. The fraction of sp³-hybridized carbons (Fsp3) is 0.0952. The zero-order valence-corrected chi connectivity index (χ0v) is 17.0. The number of carbonyl (C=O) groups is 1. The molecule has 1 amide bonds. The SMILES string of the molecule is CCc1ccccc1NS(=O)(=O)c1ccc(NC(=O)c2ccc(Cl)cc2)c(F)c1. The van der Waals surface area contributed by atoms with Crippen molar-refractivity contribution in [1.82, 2.24) is 0 Å². The summed E-state index contributed by atoms with van der Waals surface area (Å²) in [5.41, 5.74) is 1.43. The number of hydrogen-bond donors (Lipinski definition) is 2. The smallest absolute Gasteiger partial charge is 0.262 e. The molecule has 2 N–H and O–H groups in total. The predicted octanol–water partition coefficient (Wildman–Crippen LogP) is 5.09. The van der Waals surface area contributed by atoms with Gasteiger partial charge in [0.25, 0.3) is 15.9 Å². The van der Waals surface area contributed by atoms with Gasteiger partial charge >= 0.3 is 0 Å². The van der Waals surface area contributed by atoms with Crippen LogP contribution in [0, 0.1) is 5.82 Å². The van der Waals surface area contributed by atoms with Crippen molar-refractivity contribution in [2.24, 2.45) is 0 Å². The van der Waals surface area contributed by atoms with Crippen molar-refractivity contribution < 1.29 is 17.6 Å². The minimum Gasteiger partial charge on any atom is -0.319 e. The zero-order valence-electron chi connectivity index (χ0n) is 15.4. The quantitative estimate of drug-likeness (QED) is 0.569. The number of anilines is 2. The van der Waals surface area contributed by atoms with E-state index in [4.69, 9.17) is 11.6 Å². The van der Waals surface area contributed by atoms with Gasteiger partial charge in [-0.25, -0.2) is 12.8 Å². The second-order valence-corrected chi connectivity index (χ2v) is 8.34. The van der Waals surface area contributed by atoms with Crippen LogP contribution >= 0.6 is 11.6 Å². The lowest BCUT2D eigenvalue weighted by molar-refractivity contribution is 0.102. The highest BCUT2D eigenvalue weighted by Crippen LogP contribution is 2.24. The summed E-state index contributed by atoms with van der Waals surface area (Å²) in [7, 11) is -3.99. The Balaban J connectivity index is 1.81. The molecule has 0 aliphatic carbocycles. The lowest BCUT2D eigenvalue weighted by Gasteiger charge is -2.13. The van der Waals surface area contributed by atoms with Crippen LogP contribution in [0.2, 0.25) is 5.02 Å². The average molecular weight is 433 g/mol. The van der Waals surface area contributed by atoms with E-state index in [1.165, 1.54) is 24.3 Å². The van der Waals surface area contributed by atoms with Crippen molar-refractivity contribution in [1.29, 1.82) is 0 Å². The van der Waals surface area contributed by atoms with Gasteiger partial charge in [0.2, 0.25) is 0 Å². The highest BCUT2D eigenvalue weighted by Gasteiger charge is 2.18. The van der Waals surface area contributed by atoms with Gasteiger partial charge < -0.3 is 5.32 Å². The second kappa shape index (κ2) is 8.63. The normalized spacial score (nSPS) is 11.1. The van der Waals surface area contributed by atoms with Gasteiger partial charge in [-0.05, 0) is 60.5 Å². The van der Waals surface area contributed by atoms with Crippen molar-refractivity contribution in [3.05, 3.63) is 88.7 Å². The van der Waals surface area contributed by atoms with E-state index in [0.717, 1.165) is 11.6 Å². The standard InChI is InChI=1S/C21H18ClFN2O3S/c1-2-14-5-3-4-6-19(14)25-29(27,28)17-11-12-20(18(23)13-17)24-21(26)15-7-9-16(22)10-8-15/h3-13,25H,2H2,1H3,(H,24,26). The zero-order chi connectivity index (χ0) is 21.0. The third-order valence-electron chi connectivity index (χ3n) is 4.25. The molecular formula is C21H18ClFN2O3S. The van der Waals surface area contributed by atoms with E-state index in [9.17, 15) is 17.6 Å². The molecule has 8 heteroatoms. The van der Waals surface area contributed by atoms with Crippen LogP contribution in [0.5, 0.6) is 0 Å². The van der Waals surface area contributed by atoms with Crippen LogP contribution in [0.3, 0.4) is 0 Å². The third kappa shape index (κ3) is 4.93. The van der Waals surface area contributed by atoms with Gasteiger partial charge in [-0.3, -0.25) is 9.52 Å². The van der Waals surface area contributed by atoms with Gasteiger partial charge in [-0.2, -0.15) is 0 Å². The van der Waals surface area contributed by atoms with E-state index in [1.807, 2.05) is 19.1 Å². The maximum atomic E-state index is 14.5. The number of benzene rings is 3. The summed E-state index contributed by atoms with van der Waals surface area (Å²) >= 11 is 5.78. The van der Waals surface area contributed by atoms with Crippen LogP contribution in [-0.2, 0) is 16.4 Å². The molecule has 0 unspecified atom stereocenters. The first-order valence-electron chi connectivity index (χ1n) is 8.77. The molecule has 0 radical (unpaired) electrons. The summed E-state index contributed by atoms with van der Waals surface area (Å²) in [4.78, 5) is 12.0. The van der Waals surface area contributed by atoms with Crippen LogP contribution in [0.1, 0.15) is 22.8 Å². The van der Waals surface area contributed by atoms with Crippen molar-refractivity contribution in [2.45, 2.75) is 18.2 Å². The first-order valence-corrected chi connectivity index (χ1v) is 10.6. The first-order chi connectivity index (χ1) is 13.8. The number of aryl methyl sites for hydroxylation is 1. The van der Waals surface area contributed by atoms with E-state index in [2.05, 4.69) is 10.0 Å². The Morgan fingerprint density at radius 2 is 1.69 bits per heavy atom. The van der Waals surface area contributed by atoms with Gasteiger partial charge in [0.05, 0.1) is 16.3 Å².